The van der Waals surface area contributed by atoms with E-state index in [1.54, 1.807) is 6.20 Å². The summed E-state index contributed by atoms with van der Waals surface area (Å²) < 4.78 is 39.5. The van der Waals surface area contributed by atoms with E-state index in [1.807, 2.05) is 64.1 Å². The Hall–Kier alpha value is -4.30. The molecule has 2 heterocycles. The van der Waals surface area contributed by atoms with Crippen molar-refractivity contribution in [2.24, 2.45) is 11.3 Å². The average Bonchev–Trinajstić information content (AvgIpc) is 4.00. The van der Waals surface area contributed by atoms with Crippen molar-refractivity contribution in [2.75, 3.05) is 13.7 Å². The molecule has 4 amide bonds. The molecule has 53 heavy (non-hydrogen) atoms. The minimum atomic E-state index is -3.90. The van der Waals surface area contributed by atoms with Crippen molar-refractivity contribution in [2.45, 2.75) is 114 Å². The highest BCUT2D eigenvalue weighted by Crippen LogP contribution is 2.47. The van der Waals surface area contributed by atoms with Crippen molar-refractivity contribution in [3.8, 4) is 11.3 Å². The van der Waals surface area contributed by atoms with Crippen LogP contribution in [0.1, 0.15) is 83.3 Å². The smallest absolute Gasteiger partial charge is 0.408 e. The molecular weight excluding hydrogens is 699 g/mol. The molecule has 3 N–H and O–H groups in total. The Labute approximate surface area is 311 Å². The summed E-state index contributed by atoms with van der Waals surface area (Å²) in [6.45, 7) is 11.2. The SMILES string of the molecule is C=C[C@@H]1C[C@]1(NC(=O)[C@@H]1C[C@@](OC)(c2ccc(-c3ccc(C)cn3)cc2)CN1C(=O)[C@@H](NC(=O)OC1CCCC1)C(C)(C)C)C(=O)NS(=O)(=O)C1CC1. The Kier molecular flexibility index (Phi) is 10.5. The second kappa shape index (κ2) is 14.5. The first kappa shape index (κ1) is 38.4. The summed E-state index contributed by atoms with van der Waals surface area (Å²) in [7, 11) is -2.38. The van der Waals surface area contributed by atoms with E-state index in [4.69, 9.17) is 9.47 Å². The molecule has 4 aliphatic rings. The molecule has 1 saturated heterocycles. The van der Waals surface area contributed by atoms with Gasteiger partial charge in [-0.3, -0.25) is 24.1 Å². The lowest BCUT2D eigenvalue weighted by Gasteiger charge is -2.36. The molecule has 4 fully saturated rings. The topological polar surface area (TPSA) is 173 Å². The first-order valence-electron chi connectivity index (χ1n) is 18.4. The fourth-order valence-corrected chi connectivity index (χ4v) is 8.90. The van der Waals surface area contributed by atoms with Crippen LogP contribution in [-0.4, -0.2) is 84.7 Å². The third-order valence-corrected chi connectivity index (χ3v) is 12.9. The van der Waals surface area contributed by atoms with Gasteiger partial charge in [-0.05, 0) is 74.5 Å². The Morgan fingerprint density at radius 1 is 1.02 bits per heavy atom. The number of nitrogens with zero attached hydrogens (tertiary/aromatic N) is 2. The van der Waals surface area contributed by atoms with Gasteiger partial charge in [0.15, 0.2) is 0 Å². The lowest BCUT2D eigenvalue weighted by atomic mass is 9.85. The van der Waals surface area contributed by atoms with Gasteiger partial charge in [0, 0.05) is 31.2 Å². The average molecular weight is 750 g/mol. The maximum Gasteiger partial charge on any atom is 0.408 e. The van der Waals surface area contributed by atoms with Gasteiger partial charge in [-0.25, -0.2) is 13.2 Å². The molecular formula is C39H51N5O8S. The zero-order valence-corrected chi connectivity index (χ0v) is 32.0. The molecule has 0 spiro atoms. The Balaban J connectivity index is 1.31. The highest BCUT2D eigenvalue weighted by molar-refractivity contribution is 7.91. The van der Waals surface area contributed by atoms with Crippen LogP contribution in [-0.2, 0) is 39.5 Å². The van der Waals surface area contributed by atoms with E-state index in [2.05, 4.69) is 26.9 Å². The predicted octanol–water partition coefficient (Wildman–Crippen LogP) is 4.25. The fourth-order valence-electron chi connectivity index (χ4n) is 7.54. The number of ether oxygens (including phenoxy) is 2. The Morgan fingerprint density at radius 3 is 2.25 bits per heavy atom. The van der Waals surface area contributed by atoms with Crippen LogP contribution in [0.2, 0.25) is 0 Å². The van der Waals surface area contributed by atoms with Crippen molar-refractivity contribution in [1.82, 2.24) is 25.2 Å². The number of alkyl carbamates (subject to hydrolysis) is 1. The van der Waals surface area contributed by atoms with Gasteiger partial charge < -0.3 is 25.0 Å². The molecule has 5 atom stereocenters. The fraction of sp³-hybridized carbons (Fsp3) is 0.564. The van der Waals surface area contributed by atoms with Gasteiger partial charge in [-0.1, -0.05) is 57.2 Å². The maximum absolute atomic E-state index is 14.7. The van der Waals surface area contributed by atoms with Gasteiger partial charge in [0.2, 0.25) is 21.8 Å². The van der Waals surface area contributed by atoms with E-state index in [-0.39, 0.29) is 25.5 Å². The summed E-state index contributed by atoms with van der Waals surface area (Å²) >= 11 is 0. The quantitative estimate of drug-likeness (QED) is 0.268. The molecule has 0 radical (unpaired) electrons. The van der Waals surface area contributed by atoms with Crippen molar-refractivity contribution in [1.29, 1.82) is 0 Å². The number of likely N-dealkylation sites (tertiary alicyclic amines) is 1. The highest BCUT2D eigenvalue weighted by Gasteiger charge is 2.62. The van der Waals surface area contributed by atoms with E-state index in [0.717, 1.165) is 42.5 Å². The van der Waals surface area contributed by atoms with Crippen LogP contribution < -0.4 is 15.4 Å². The van der Waals surface area contributed by atoms with E-state index in [9.17, 15) is 27.6 Å². The summed E-state index contributed by atoms with van der Waals surface area (Å²) in [5, 5.41) is 4.99. The van der Waals surface area contributed by atoms with Crippen molar-refractivity contribution < 1.29 is 37.1 Å². The number of hydrogen-bond donors (Lipinski definition) is 3. The first-order valence-corrected chi connectivity index (χ1v) is 19.9. The molecule has 6 rings (SSSR count). The number of amides is 4. The van der Waals surface area contributed by atoms with Gasteiger partial charge in [-0.2, -0.15) is 0 Å². The largest absolute Gasteiger partial charge is 0.446 e. The summed E-state index contributed by atoms with van der Waals surface area (Å²) in [5.41, 5.74) is -0.103. The zero-order valence-electron chi connectivity index (χ0n) is 31.1. The maximum atomic E-state index is 14.7. The molecule has 0 unspecified atom stereocenters. The van der Waals surface area contributed by atoms with E-state index < -0.39 is 73.6 Å². The van der Waals surface area contributed by atoms with Crippen LogP contribution in [0.4, 0.5) is 4.79 Å². The van der Waals surface area contributed by atoms with E-state index in [1.165, 1.54) is 18.1 Å². The number of methoxy groups -OCH3 is 1. The highest BCUT2D eigenvalue weighted by atomic mass is 32.2. The summed E-state index contributed by atoms with van der Waals surface area (Å²) in [5.74, 6) is -2.52. The van der Waals surface area contributed by atoms with Gasteiger partial charge >= 0.3 is 6.09 Å². The molecule has 0 bridgehead atoms. The Bertz CT molecular complexity index is 1850. The lowest BCUT2D eigenvalue weighted by Crippen LogP contribution is -2.60. The summed E-state index contributed by atoms with van der Waals surface area (Å²) in [4.78, 5) is 61.8. The Morgan fingerprint density at radius 2 is 1.70 bits per heavy atom. The molecule has 1 aromatic carbocycles. The van der Waals surface area contributed by atoms with Gasteiger partial charge in [0.1, 0.15) is 29.3 Å². The predicted molar refractivity (Wildman–Crippen MR) is 198 cm³/mol. The molecule has 13 nitrogen and oxygen atoms in total. The lowest BCUT2D eigenvalue weighted by molar-refractivity contribution is -0.143. The third kappa shape index (κ3) is 7.98. The first-order chi connectivity index (χ1) is 25.0. The second-order valence-corrected chi connectivity index (χ2v) is 18.1. The number of aryl methyl sites for hydroxylation is 1. The van der Waals surface area contributed by atoms with Crippen LogP contribution in [0.15, 0.2) is 55.3 Å². The molecule has 2 aromatic rings. The summed E-state index contributed by atoms with van der Waals surface area (Å²) in [6.07, 6.45) is 6.91. The number of benzene rings is 1. The number of carbonyl (C=O) groups is 4. The van der Waals surface area contributed by atoms with Crippen LogP contribution in [0.25, 0.3) is 11.3 Å². The molecule has 3 saturated carbocycles. The number of pyridine rings is 1. The van der Waals surface area contributed by atoms with Crippen LogP contribution in [0, 0.1) is 18.3 Å². The monoisotopic (exact) mass is 749 g/mol. The second-order valence-electron chi connectivity index (χ2n) is 16.1. The molecule has 1 aromatic heterocycles. The molecule has 14 heteroatoms. The van der Waals surface area contributed by atoms with Crippen LogP contribution in [0.3, 0.4) is 0 Å². The van der Waals surface area contributed by atoms with Gasteiger partial charge in [-0.15, -0.1) is 6.58 Å². The van der Waals surface area contributed by atoms with Crippen molar-refractivity contribution in [3.05, 3.63) is 66.4 Å². The van der Waals surface area contributed by atoms with Gasteiger partial charge in [0.05, 0.1) is 17.5 Å². The van der Waals surface area contributed by atoms with E-state index in [0.29, 0.717) is 18.4 Å². The van der Waals surface area contributed by atoms with Crippen molar-refractivity contribution >= 4 is 33.8 Å². The number of rotatable bonds is 12. The standard InChI is InChI=1S/C39H51N5O8S/c1-7-26-20-39(26,35(47)43-53(49,50)29-17-18-29)42-33(45)31-21-38(51-6,27-15-13-25(14-16-27)30-19-12-24(2)22-40-30)23-44(31)34(46)32(37(3,4)5)41-36(48)52-28-10-8-9-11-28/h7,12-16,19,22,26,28-29,31-32H,1,8-11,17-18,20-21,23H2,2-6H3,(H,41,48)(H,42,45)(H,43,47)/t26-,31+,32-,38+,39-/m1/s1. The minimum Gasteiger partial charge on any atom is -0.446 e. The molecule has 286 valence electrons. The van der Waals surface area contributed by atoms with Crippen LogP contribution >= 0.6 is 0 Å². The molecule has 1 aliphatic heterocycles. The molecule has 3 aliphatic carbocycles. The van der Waals surface area contributed by atoms with Gasteiger partial charge in [0.25, 0.3) is 5.91 Å². The number of hydrogen-bond acceptors (Lipinski definition) is 9. The number of nitrogens with one attached hydrogen (secondary N) is 3. The normalized spacial score (nSPS) is 26.4. The van der Waals surface area contributed by atoms with Crippen LogP contribution in [0.5, 0.6) is 0 Å². The van der Waals surface area contributed by atoms with Crippen molar-refractivity contribution in [3.63, 3.8) is 0 Å². The third-order valence-electron chi connectivity index (χ3n) is 11.1. The number of carbonyl (C=O) groups excluding carboxylic acids is 4. The zero-order chi connectivity index (χ0) is 38.3. The number of aromatic nitrogens is 1. The van der Waals surface area contributed by atoms with E-state index >= 15 is 0 Å². The summed E-state index contributed by atoms with van der Waals surface area (Å²) in [6, 6.07) is 9.24. The number of sulfonamides is 1. The minimum absolute atomic E-state index is 0.0173.